The van der Waals surface area contributed by atoms with E-state index in [0.29, 0.717) is 6.42 Å². The molecular formula is C9H13F2NO2. The van der Waals surface area contributed by atoms with E-state index in [4.69, 9.17) is 4.74 Å². The third-order valence-electron chi connectivity index (χ3n) is 2.96. The van der Waals surface area contributed by atoms with Crippen LogP contribution in [0.3, 0.4) is 0 Å². The number of piperidine rings is 1. The number of nitrogens with one attached hydrogen (secondary N) is 1. The van der Waals surface area contributed by atoms with Gasteiger partial charge >= 0.3 is 5.97 Å². The van der Waals surface area contributed by atoms with E-state index in [2.05, 4.69) is 5.32 Å². The number of carbonyl (C=O) groups excluding carboxylic acids is 1. The lowest BCUT2D eigenvalue weighted by molar-refractivity contribution is -0.153. The molecule has 3 atom stereocenters. The first-order valence-corrected chi connectivity index (χ1v) is 4.85. The van der Waals surface area contributed by atoms with Gasteiger partial charge in [-0.15, -0.1) is 0 Å². The minimum absolute atomic E-state index is 0.145. The Bertz CT molecular complexity index is 257. The summed E-state index contributed by atoms with van der Waals surface area (Å²) in [5.74, 6) is -4.11. The molecule has 0 aromatic carbocycles. The monoisotopic (exact) mass is 205 g/mol. The normalized spacial score (nSPS) is 38.6. The maximum absolute atomic E-state index is 13.2. The first-order valence-electron chi connectivity index (χ1n) is 4.85. The molecule has 0 aromatic heterocycles. The Morgan fingerprint density at radius 2 is 2.36 bits per heavy atom. The molecule has 0 spiro atoms. The largest absolute Gasteiger partial charge is 0.465 e. The molecule has 0 amide bonds. The predicted molar refractivity (Wildman–Crippen MR) is 45.0 cm³/mol. The molecule has 1 aliphatic heterocycles. The van der Waals surface area contributed by atoms with E-state index in [1.165, 1.54) is 0 Å². The molecule has 3 unspecified atom stereocenters. The van der Waals surface area contributed by atoms with Crippen LogP contribution in [0.4, 0.5) is 8.78 Å². The van der Waals surface area contributed by atoms with Crippen LogP contribution in [0, 0.1) is 5.92 Å². The second-order valence-corrected chi connectivity index (χ2v) is 3.90. The highest BCUT2D eigenvalue weighted by molar-refractivity contribution is 5.77. The van der Waals surface area contributed by atoms with Crippen LogP contribution in [0.1, 0.15) is 19.8 Å². The maximum atomic E-state index is 13.2. The molecule has 14 heavy (non-hydrogen) atoms. The van der Waals surface area contributed by atoms with Gasteiger partial charge < -0.3 is 10.1 Å². The first-order chi connectivity index (χ1) is 6.54. The average molecular weight is 205 g/mol. The van der Waals surface area contributed by atoms with E-state index >= 15 is 0 Å². The summed E-state index contributed by atoms with van der Waals surface area (Å²) in [6.45, 7) is 1.91. The number of fused-ring (bicyclic) bond motifs is 2. The lowest BCUT2D eigenvalue weighted by Gasteiger charge is -2.28. The Labute approximate surface area is 80.8 Å². The van der Waals surface area contributed by atoms with Crippen LogP contribution in [-0.2, 0) is 9.53 Å². The molecule has 0 radical (unpaired) electrons. The van der Waals surface area contributed by atoms with Gasteiger partial charge in [0.05, 0.1) is 12.5 Å². The van der Waals surface area contributed by atoms with Gasteiger partial charge in [0.2, 0.25) is 0 Å². The van der Waals surface area contributed by atoms with Crippen molar-refractivity contribution in [1.82, 2.24) is 5.32 Å². The van der Waals surface area contributed by atoms with Crippen LogP contribution in [-0.4, -0.2) is 30.6 Å². The highest BCUT2D eigenvalue weighted by Crippen LogP contribution is 2.47. The second-order valence-electron chi connectivity index (χ2n) is 3.90. The Balaban J connectivity index is 2.06. The summed E-state index contributed by atoms with van der Waals surface area (Å²) in [5, 5.41) is 2.88. The molecule has 1 aliphatic carbocycles. The number of esters is 1. The van der Waals surface area contributed by atoms with Gasteiger partial charge in [-0.25, -0.2) is 8.78 Å². The Morgan fingerprint density at radius 1 is 1.64 bits per heavy atom. The van der Waals surface area contributed by atoms with Gasteiger partial charge in [-0.3, -0.25) is 4.79 Å². The van der Waals surface area contributed by atoms with Crippen LogP contribution in [0.5, 0.6) is 0 Å². The minimum atomic E-state index is -2.70. The van der Waals surface area contributed by atoms with Gasteiger partial charge in [0.1, 0.15) is 6.04 Å². The van der Waals surface area contributed by atoms with E-state index < -0.39 is 23.9 Å². The number of alkyl halides is 2. The third kappa shape index (κ3) is 1.39. The summed E-state index contributed by atoms with van der Waals surface area (Å²) < 4.78 is 31.2. The fourth-order valence-corrected chi connectivity index (χ4v) is 2.38. The van der Waals surface area contributed by atoms with Crippen molar-refractivity contribution in [3.8, 4) is 0 Å². The number of ether oxygens (including phenoxy) is 1. The van der Waals surface area contributed by atoms with Gasteiger partial charge in [0, 0.05) is 12.5 Å². The molecule has 2 fully saturated rings. The smallest absolute Gasteiger partial charge is 0.323 e. The standard InChI is InChI=1S/C9H13F2NO2/c1-2-14-8(13)7-6-3-5(12-7)4-9(6,10)11/h5-7,12H,2-4H2,1H3. The minimum Gasteiger partial charge on any atom is -0.465 e. The van der Waals surface area contributed by atoms with Gasteiger partial charge in [0.15, 0.2) is 0 Å². The van der Waals surface area contributed by atoms with Crippen molar-refractivity contribution in [1.29, 1.82) is 0 Å². The van der Waals surface area contributed by atoms with Crippen molar-refractivity contribution in [3.63, 3.8) is 0 Å². The zero-order valence-corrected chi connectivity index (χ0v) is 7.93. The molecule has 2 bridgehead atoms. The maximum Gasteiger partial charge on any atom is 0.323 e. The average Bonchev–Trinajstić information content (AvgIpc) is 2.59. The highest BCUT2D eigenvalue weighted by Gasteiger charge is 2.59. The molecule has 5 heteroatoms. The van der Waals surface area contributed by atoms with E-state index in [1.807, 2.05) is 0 Å². The zero-order chi connectivity index (χ0) is 10.3. The first kappa shape index (κ1) is 9.83. The topological polar surface area (TPSA) is 38.3 Å². The van der Waals surface area contributed by atoms with Crippen molar-refractivity contribution in [3.05, 3.63) is 0 Å². The molecule has 80 valence electrons. The number of rotatable bonds is 2. The van der Waals surface area contributed by atoms with Crippen molar-refractivity contribution >= 4 is 5.97 Å². The Kier molecular flexibility index (Phi) is 2.21. The van der Waals surface area contributed by atoms with Gasteiger partial charge in [-0.05, 0) is 13.3 Å². The lowest BCUT2D eigenvalue weighted by Crippen LogP contribution is -2.50. The molecule has 0 aromatic rings. The van der Waals surface area contributed by atoms with Gasteiger partial charge in [-0.2, -0.15) is 0 Å². The SMILES string of the molecule is CCOC(=O)C1NC2CC1C(F)(F)C2. The van der Waals surface area contributed by atoms with Crippen LogP contribution < -0.4 is 5.32 Å². The zero-order valence-electron chi connectivity index (χ0n) is 7.93. The van der Waals surface area contributed by atoms with Crippen LogP contribution in [0.25, 0.3) is 0 Å². The van der Waals surface area contributed by atoms with Crippen molar-refractivity contribution < 1.29 is 18.3 Å². The van der Waals surface area contributed by atoms with Crippen LogP contribution in [0.15, 0.2) is 0 Å². The summed E-state index contributed by atoms with van der Waals surface area (Å²) in [7, 11) is 0. The second kappa shape index (κ2) is 3.15. The summed E-state index contributed by atoms with van der Waals surface area (Å²) >= 11 is 0. The van der Waals surface area contributed by atoms with Gasteiger partial charge in [-0.1, -0.05) is 0 Å². The third-order valence-corrected chi connectivity index (χ3v) is 2.96. The van der Waals surface area contributed by atoms with Gasteiger partial charge in [0.25, 0.3) is 5.92 Å². The molecule has 1 saturated heterocycles. The van der Waals surface area contributed by atoms with Crippen molar-refractivity contribution in [2.75, 3.05) is 6.61 Å². The Morgan fingerprint density at radius 3 is 2.86 bits per heavy atom. The number of hydrogen-bond acceptors (Lipinski definition) is 3. The van der Waals surface area contributed by atoms with Crippen LogP contribution in [0.2, 0.25) is 0 Å². The quantitative estimate of drug-likeness (QED) is 0.682. The van der Waals surface area contributed by atoms with E-state index in [0.717, 1.165) is 0 Å². The predicted octanol–water partition coefficient (Wildman–Crippen LogP) is 0.935. The van der Waals surface area contributed by atoms with E-state index in [1.54, 1.807) is 6.92 Å². The van der Waals surface area contributed by atoms with Crippen molar-refractivity contribution in [2.24, 2.45) is 5.92 Å². The van der Waals surface area contributed by atoms with Crippen molar-refractivity contribution in [2.45, 2.75) is 37.8 Å². The molecule has 1 N–H and O–H groups in total. The molecular weight excluding hydrogens is 192 g/mol. The molecule has 3 nitrogen and oxygen atoms in total. The summed E-state index contributed by atoms with van der Waals surface area (Å²) in [6.07, 6.45) is 0.240. The molecule has 1 saturated carbocycles. The molecule has 1 heterocycles. The summed E-state index contributed by atoms with van der Waals surface area (Å²) in [5.41, 5.74) is 0. The number of carbonyl (C=O) groups is 1. The molecule has 2 rings (SSSR count). The number of hydrogen-bond donors (Lipinski definition) is 1. The molecule has 2 aliphatic rings. The highest BCUT2D eigenvalue weighted by atomic mass is 19.3. The Hall–Kier alpha value is -0.710. The summed E-state index contributed by atoms with van der Waals surface area (Å²) in [6, 6.07) is -1.02. The lowest BCUT2D eigenvalue weighted by atomic mass is 9.96. The fourth-order valence-electron chi connectivity index (χ4n) is 2.38. The summed E-state index contributed by atoms with van der Waals surface area (Å²) in [4.78, 5) is 11.3. The van der Waals surface area contributed by atoms with E-state index in [-0.39, 0.29) is 19.1 Å². The van der Waals surface area contributed by atoms with Crippen LogP contribution >= 0.6 is 0 Å². The van der Waals surface area contributed by atoms with E-state index in [9.17, 15) is 13.6 Å². The fraction of sp³-hybridized carbons (Fsp3) is 0.889. The number of halogens is 2.